The third-order valence-electron chi connectivity index (χ3n) is 2.97. The third kappa shape index (κ3) is 3.58. The number of carbonyl (C=O) groups excluding carboxylic acids is 1. The number of Topliss-reactive ketones (excluding diaryl/α,β-unsaturated/α-hetero) is 1. The molecule has 19 heavy (non-hydrogen) atoms. The Labute approximate surface area is 117 Å². The van der Waals surface area contributed by atoms with Crippen molar-refractivity contribution in [3.05, 3.63) is 46.2 Å². The molecule has 3 nitrogen and oxygen atoms in total. The van der Waals surface area contributed by atoms with Gasteiger partial charge in [-0.15, -0.1) is 0 Å². The van der Waals surface area contributed by atoms with Crippen LogP contribution >= 0.6 is 11.3 Å². The second-order valence-corrected chi connectivity index (χ2v) is 5.52. The first-order valence-electron chi connectivity index (χ1n) is 6.24. The van der Waals surface area contributed by atoms with Crippen molar-refractivity contribution in [1.29, 1.82) is 0 Å². The van der Waals surface area contributed by atoms with Crippen molar-refractivity contribution in [2.24, 2.45) is 0 Å². The van der Waals surface area contributed by atoms with Gasteiger partial charge in [0.2, 0.25) is 0 Å². The molecule has 0 radical (unpaired) electrons. The SMILES string of the molecule is CC(=O)c1cc(NC(C)Cc2ccsc2)ccc1N. The molecule has 1 aromatic carbocycles. The van der Waals surface area contributed by atoms with Gasteiger partial charge in [0.1, 0.15) is 0 Å². The zero-order valence-corrected chi connectivity index (χ0v) is 12.0. The van der Waals surface area contributed by atoms with Crippen molar-refractivity contribution in [2.75, 3.05) is 11.1 Å². The van der Waals surface area contributed by atoms with E-state index in [0.29, 0.717) is 17.3 Å². The van der Waals surface area contributed by atoms with Crippen molar-refractivity contribution in [2.45, 2.75) is 26.3 Å². The maximum absolute atomic E-state index is 11.5. The molecule has 1 atom stereocenters. The van der Waals surface area contributed by atoms with Crippen LogP contribution in [0.2, 0.25) is 0 Å². The maximum Gasteiger partial charge on any atom is 0.161 e. The van der Waals surface area contributed by atoms with E-state index in [1.807, 2.05) is 12.1 Å². The summed E-state index contributed by atoms with van der Waals surface area (Å²) in [6, 6.07) is 7.94. The molecular formula is C15H18N2OS. The number of hydrogen-bond acceptors (Lipinski definition) is 4. The lowest BCUT2D eigenvalue weighted by atomic mass is 10.1. The van der Waals surface area contributed by atoms with Crippen molar-refractivity contribution in [3.8, 4) is 0 Å². The fourth-order valence-electron chi connectivity index (χ4n) is 2.05. The number of thiophene rings is 1. The van der Waals surface area contributed by atoms with Crippen LogP contribution in [0.5, 0.6) is 0 Å². The van der Waals surface area contributed by atoms with Crippen molar-refractivity contribution in [3.63, 3.8) is 0 Å². The molecule has 0 aliphatic rings. The standard InChI is InChI=1S/C15H18N2OS/c1-10(7-12-5-6-19-9-12)17-13-3-4-15(16)14(8-13)11(2)18/h3-6,8-10,17H,7,16H2,1-2H3. The highest BCUT2D eigenvalue weighted by molar-refractivity contribution is 7.07. The van der Waals surface area contributed by atoms with Gasteiger partial charge in [-0.1, -0.05) is 0 Å². The molecule has 0 fully saturated rings. The Bertz CT molecular complexity index is 564. The predicted octanol–water partition coefficient (Wildman–Crippen LogP) is 3.58. The molecule has 0 spiro atoms. The molecule has 100 valence electrons. The number of nitrogens with two attached hydrogens (primary N) is 1. The highest BCUT2D eigenvalue weighted by Gasteiger charge is 2.08. The summed E-state index contributed by atoms with van der Waals surface area (Å²) in [6.07, 6.45) is 0.962. The maximum atomic E-state index is 11.5. The van der Waals surface area contributed by atoms with Gasteiger partial charge in [-0.2, -0.15) is 11.3 Å². The van der Waals surface area contributed by atoms with Gasteiger partial charge in [0.15, 0.2) is 5.78 Å². The van der Waals surface area contributed by atoms with E-state index in [4.69, 9.17) is 5.73 Å². The number of hydrogen-bond donors (Lipinski definition) is 2. The molecule has 0 amide bonds. The summed E-state index contributed by atoms with van der Waals surface area (Å²) in [5, 5.41) is 7.64. The molecule has 0 aliphatic heterocycles. The molecule has 4 heteroatoms. The van der Waals surface area contributed by atoms with Crippen molar-refractivity contribution >= 4 is 28.5 Å². The van der Waals surface area contributed by atoms with Crippen LogP contribution in [0.25, 0.3) is 0 Å². The number of benzene rings is 1. The van der Waals surface area contributed by atoms with E-state index in [-0.39, 0.29) is 5.78 Å². The van der Waals surface area contributed by atoms with Gasteiger partial charge in [0.25, 0.3) is 0 Å². The summed E-state index contributed by atoms with van der Waals surface area (Å²) in [7, 11) is 0. The smallest absolute Gasteiger partial charge is 0.161 e. The minimum absolute atomic E-state index is 0.00774. The summed E-state index contributed by atoms with van der Waals surface area (Å²) in [5.41, 5.74) is 9.15. The topological polar surface area (TPSA) is 55.1 Å². The minimum Gasteiger partial charge on any atom is -0.398 e. The molecule has 0 bridgehead atoms. The second-order valence-electron chi connectivity index (χ2n) is 4.74. The molecule has 2 aromatic rings. The van der Waals surface area contributed by atoms with Gasteiger partial charge in [-0.05, 0) is 60.9 Å². The summed E-state index contributed by atoms with van der Waals surface area (Å²) >= 11 is 1.71. The minimum atomic E-state index is -0.00774. The van der Waals surface area contributed by atoms with Gasteiger partial charge in [0.05, 0.1) is 0 Å². The lowest BCUT2D eigenvalue weighted by Gasteiger charge is -2.15. The van der Waals surface area contributed by atoms with Crippen molar-refractivity contribution < 1.29 is 4.79 Å². The monoisotopic (exact) mass is 274 g/mol. The van der Waals surface area contributed by atoms with Gasteiger partial charge in [-0.3, -0.25) is 4.79 Å². The van der Waals surface area contributed by atoms with Crippen molar-refractivity contribution in [1.82, 2.24) is 0 Å². The van der Waals surface area contributed by atoms with E-state index in [9.17, 15) is 4.79 Å². The third-order valence-corrected chi connectivity index (χ3v) is 3.70. The van der Waals surface area contributed by atoms with Gasteiger partial charge in [-0.25, -0.2) is 0 Å². The highest BCUT2D eigenvalue weighted by Crippen LogP contribution is 2.20. The molecular weight excluding hydrogens is 256 g/mol. The first-order valence-corrected chi connectivity index (χ1v) is 7.18. The zero-order valence-electron chi connectivity index (χ0n) is 11.1. The molecule has 2 rings (SSSR count). The average Bonchev–Trinajstić information content (AvgIpc) is 2.84. The first-order chi connectivity index (χ1) is 9.06. The summed E-state index contributed by atoms with van der Waals surface area (Å²) in [4.78, 5) is 11.5. The Morgan fingerprint density at radius 2 is 2.21 bits per heavy atom. The van der Waals surface area contributed by atoms with Crippen LogP contribution < -0.4 is 11.1 Å². The van der Waals surface area contributed by atoms with Crippen LogP contribution in [0.15, 0.2) is 35.0 Å². The summed E-state index contributed by atoms with van der Waals surface area (Å²) in [6.45, 7) is 3.66. The number of nitrogen functional groups attached to an aromatic ring is 1. The van der Waals surface area contributed by atoms with Gasteiger partial charge < -0.3 is 11.1 Å². The van der Waals surface area contributed by atoms with E-state index >= 15 is 0 Å². The van der Waals surface area contributed by atoms with Gasteiger partial charge >= 0.3 is 0 Å². The van der Waals surface area contributed by atoms with Crippen LogP contribution in [-0.4, -0.2) is 11.8 Å². The normalized spacial score (nSPS) is 12.1. The van der Waals surface area contributed by atoms with Crippen LogP contribution in [0.3, 0.4) is 0 Å². The molecule has 1 heterocycles. The van der Waals surface area contributed by atoms with E-state index < -0.39 is 0 Å². The van der Waals surface area contributed by atoms with Crippen LogP contribution in [0, 0.1) is 0 Å². The predicted molar refractivity (Wildman–Crippen MR) is 82.0 cm³/mol. The first kappa shape index (κ1) is 13.6. The fraction of sp³-hybridized carbons (Fsp3) is 0.267. The molecule has 1 unspecified atom stereocenters. The summed E-state index contributed by atoms with van der Waals surface area (Å²) < 4.78 is 0. The second kappa shape index (κ2) is 5.89. The van der Waals surface area contributed by atoms with Crippen LogP contribution in [-0.2, 0) is 6.42 Å². The largest absolute Gasteiger partial charge is 0.398 e. The number of nitrogens with one attached hydrogen (secondary N) is 1. The lowest BCUT2D eigenvalue weighted by Crippen LogP contribution is -2.18. The Balaban J connectivity index is 2.06. The van der Waals surface area contributed by atoms with E-state index in [2.05, 4.69) is 29.1 Å². The Morgan fingerprint density at radius 1 is 1.42 bits per heavy atom. The Kier molecular flexibility index (Phi) is 4.22. The van der Waals surface area contributed by atoms with Gasteiger partial charge in [0, 0.05) is 23.0 Å². The van der Waals surface area contributed by atoms with E-state index in [0.717, 1.165) is 12.1 Å². The van der Waals surface area contributed by atoms with E-state index in [1.165, 1.54) is 12.5 Å². The number of rotatable bonds is 5. The zero-order chi connectivity index (χ0) is 13.8. The molecule has 0 saturated carbocycles. The number of carbonyl (C=O) groups is 1. The molecule has 0 aliphatic carbocycles. The lowest BCUT2D eigenvalue weighted by molar-refractivity contribution is 0.101. The number of anilines is 2. The summed E-state index contributed by atoms with van der Waals surface area (Å²) in [5.74, 6) is -0.00774. The number of ketones is 1. The highest BCUT2D eigenvalue weighted by atomic mass is 32.1. The average molecular weight is 274 g/mol. The van der Waals surface area contributed by atoms with Crippen LogP contribution in [0.4, 0.5) is 11.4 Å². The molecule has 3 N–H and O–H groups in total. The fourth-order valence-corrected chi connectivity index (χ4v) is 2.73. The quantitative estimate of drug-likeness (QED) is 0.647. The van der Waals surface area contributed by atoms with E-state index in [1.54, 1.807) is 17.4 Å². The van der Waals surface area contributed by atoms with Crippen LogP contribution in [0.1, 0.15) is 29.8 Å². The molecule has 0 saturated heterocycles. The molecule has 1 aromatic heterocycles. The Morgan fingerprint density at radius 3 is 2.84 bits per heavy atom. The Hall–Kier alpha value is -1.81.